The van der Waals surface area contributed by atoms with Crippen LogP contribution in [0.5, 0.6) is 0 Å². The summed E-state index contributed by atoms with van der Waals surface area (Å²) in [5.74, 6) is 1.14. The number of benzene rings is 1. The number of carbonyl (C=O) groups excluding carboxylic acids is 1. The van der Waals surface area contributed by atoms with Crippen molar-refractivity contribution in [2.45, 2.75) is 25.4 Å². The minimum atomic E-state index is -0.184. The van der Waals surface area contributed by atoms with Crippen LogP contribution in [0.15, 0.2) is 40.9 Å². The van der Waals surface area contributed by atoms with Gasteiger partial charge in [0, 0.05) is 18.2 Å². The van der Waals surface area contributed by atoms with Crippen LogP contribution in [0.3, 0.4) is 0 Å². The van der Waals surface area contributed by atoms with E-state index in [1.807, 2.05) is 30.3 Å². The number of hydrogen-bond acceptors (Lipinski definition) is 4. The largest absolute Gasteiger partial charge is 0.439 e. The molecule has 0 spiro atoms. The SMILES string of the molecule is O=C(NCc1ncc(-c2ccccc2)o1)N(CCO)C1CC1. The molecule has 3 rings (SSSR count). The molecule has 6 nitrogen and oxygen atoms in total. The van der Waals surface area contributed by atoms with Crippen LogP contribution in [0.2, 0.25) is 0 Å². The van der Waals surface area contributed by atoms with Crippen molar-refractivity contribution in [1.82, 2.24) is 15.2 Å². The number of nitrogens with one attached hydrogen (secondary N) is 1. The molecule has 0 radical (unpaired) electrons. The molecule has 1 aromatic heterocycles. The number of oxazole rings is 1. The molecule has 0 saturated heterocycles. The zero-order chi connectivity index (χ0) is 15.4. The Morgan fingerprint density at radius 2 is 2.14 bits per heavy atom. The monoisotopic (exact) mass is 301 g/mol. The summed E-state index contributed by atoms with van der Waals surface area (Å²) >= 11 is 0. The average Bonchev–Trinajstić information content (AvgIpc) is 3.28. The lowest BCUT2D eigenvalue weighted by molar-refractivity contribution is 0.172. The van der Waals surface area contributed by atoms with E-state index in [1.54, 1.807) is 11.1 Å². The van der Waals surface area contributed by atoms with Crippen molar-refractivity contribution in [2.24, 2.45) is 0 Å². The fourth-order valence-electron chi connectivity index (χ4n) is 2.32. The molecule has 1 aliphatic carbocycles. The molecule has 1 fully saturated rings. The minimum absolute atomic E-state index is 0.0267. The Morgan fingerprint density at radius 3 is 2.82 bits per heavy atom. The van der Waals surface area contributed by atoms with E-state index in [4.69, 9.17) is 9.52 Å². The molecular weight excluding hydrogens is 282 g/mol. The van der Waals surface area contributed by atoms with E-state index in [0.29, 0.717) is 18.2 Å². The van der Waals surface area contributed by atoms with E-state index in [1.165, 1.54) is 0 Å². The normalized spacial score (nSPS) is 13.9. The number of hydrogen-bond donors (Lipinski definition) is 2. The highest BCUT2D eigenvalue weighted by atomic mass is 16.4. The first-order chi connectivity index (χ1) is 10.8. The second-order valence-electron chi connectivity index (χ2n) is 5.29. The van der Waals surface area contributed by atoms with Gasteiger partial charge in [0.2, 0.25) is 5.89 Å². The van der Waals surface area contributed by atoms with E-state index in [9.17, 15) is 4.79 Å². The van der Waals surface area contributed by atoms with Gasteiger partial charge in [-0.3, -0.25) is 0 Å². The van der Waals surface area contributed by atoms with Crippen LogP contribution in [-0.4, -0.2) is 40.2 Å². The first-order valence-electron chi connectivity index (χ1n) is 7.43. The number of amides is 2. The molecule has 1 saturated carbocycles. The first-order valence-corrected chi connectivity index (χ1v) is 7.43. The molecule has 116 valence electrons. The Morgan fingerprint density at radius 1 is 1.36 bits per heavy atom. The summed E-state index contributed by atoms with van der Waals surface area (Å²) in [6.07, 6.45) is 3.67. The molecule has 0 unspecified atom stereocenters. The van der Waals surface area contributed by atoms with E-state index >= 15 is 0 Å². The Labute approximate surface area is 128 Å². The van der Waals surface area contributed by atoms with E-state index in [-0.39, 0.29) is 25.2 Å². The quantitative estimate of drug-likeness (QED) is 0.855. The van der Waals surface area contributed by atoms with Crippen LogP contribution in [-0.2, 0) is 6.54 Å². The molecule has 1 heterocycles. The van der Waals surface area contributed by atoms with Gasteiger partial charge >= 0.3 is 6.03 Å². The van der Waals surface area contributed by atoms with Crippen molar-refractivity contribution < 1.29 is 14.3 Å². The first kappa shape index (κ1) is 14.6. The van der Waals surface area contributed by atoms with Crippen LogP contribution < -0.4 is 5.32 Å². The van der Waals surface area contributed by atoms with Crippen molar-refractivity contribution in [3.63, 3.8) is 0 Å². The third-order valence-corrected chi connectivity index (χ3v) is 3.59. The molecule has 2 N–H and O–H groups in total. The lowest BCUT2D eigenvalue weighted by Crippen LogP contribution is -2.42. The van der Waals surface area contributed by atoms with Gasteiger partial charge < -0.3 is 19.7 Å². The molecular formula is C16H19N3O3. The average molecular weight is 301 g/mol. The lowest BCUT2D eigenvalue weighted by Gasteiger charge is -2.21. The highest BCUT2D eigenvalue weighted by molar-refractivity contribution is 5.74. The molecule has 2 amide bonds. The second kappa shape index (κ2) is 6.62. The molecule has 2 aromatic rings. The summed E-state index contributed by atoms with van der Waals surface area (Å²) in [5.41, 5.74) is 0.951. The topological polar surface area (TPSA) is 78.6 Å². The lowest BCUT2D eigenvalue weighted by atomic mass is 10.2. The van der Waals surface area contributed by atoms with Crippen LogP contribution in [0, 0.1) is 0 Å². The molecule has 6 heteroatoms. The number of nitrogens with zero attached hydrogens (tertiary/aromatic N) is 2. The van der Waals surface area contributed by atoms with Crippen LogP contribution in [0.25, 0.3) is 11.3 Å². The minimum Gasteiger partial charge on any atom is -0.439 e. The number of aromatic nitrogens is 1. The smallest absolute Gasteiger partial charge is 0.318 e. The maximum absolute atomic E-state index is 12.1. The van der Waals surface area contributed by atoms with Gasteiger partial charge in [0.15, 0.2) is 5.76 Å². The van der Waals surface area contributed by atoms with Gasteiger partial charge in [0.05, 0.1) is 19.3 Å². The Hall–Kier alpha value is -2.34. The van der Waals surface area contributed by atoms with Crippen molar-refractivity contribution >= 4 is 6.03 Å². The van der Waals surface area contributed by atoms with Crippen molar-refractivity contribution in [3.05, 3.63) is 42.4 Å². The molecule has 1 aromatic carbocycles. The molecule has 0 bridgehead atoms. The van der Waals surface area contributed by atoms with E-state index < -0.39 is 0 Å². The van der Waals surface area contributed by atoms with Crippen molar-refractivity contribution in [2.75, 3.05) is 13.2 Å². The number of aliphatic hydroxyl groups excluding tert-OH is 1. The number of carbonyl (C=O) groups is 1. The summed E-state index contributed by atoms with van der Waals surface area (Å²) in [7, 11) is 0. The predicted octanol–water partition coefficient (Wildman–Crippen LogP) is 2.01. The van der Waals surface area contributed by atoms with Crippen LogP contribution >= 0.6 is 0 Å². The zero-order valence-electron chi connectivity index (χ0n) is 12.2. The van der Waals surface area contributed by atoms with Gasteiger partial charge in [-0.1, -0.05) is 30.3 Å². The maximum Gasteiger partial charge on any atom is 0.318 e. The van der Waals surface area contributed by atoms with E-state index in [0.717, 1.165) is 18.4 Å². The summed E-state index contributed by atoms with van der Waals surface area (Å²) in [6, 6.07) is 9.77. The fraction of sp³-hybridized carbons (Fsp3) is 0.375. The Kier molecular flexibility index (Phi) is 4.39. The standard InChI is InChI=1S/C16H19N3O3/c20-9-8-19(13-6-7-13)16(21)18-11-15-17-10-14(22-15)12-4-2-1-3-5-12/h1-5,10,13,20H,6-9,11H2,(H,18,21). The highest BCUT2D eigenvalue weighted by Crippen LogP contribution is 2.26. The summed E-state index contributed by atoms with van der Waals surface area (Å²) in [5, 5.41) is 11.8. The Bertz CT molecular complexity index is 623. The third-order valence-electron chi connectivity index (χ3n) is 3.59. The maximum atomic E-state index is 12.1. The van der Waals surface area contributed by atoms with Gasteiger partial charge in [-0.25, -0.2) is 9.78 Å². The summed E-state index contributed by atoms with van der Waals surface area (Å²) in [6.45, 7) is 0.568. The number of urea groups is 1. The number of rotatable bonds is 6. The number of aliphatic hydroxyl groups is 1. The fourth-order valence-corrected chi connectivity index (χ4v) is 2.32. The second-order valence-corrected chi connectivity index (χ2v) is 5.29. The van der Waals surface area contributed by atoms with Crippen LogP contribution in [0.1, 0.15) is 18.7 Å². The summed E-state index contributed by atoms with van der Waals surface area (Å²) < 4.78 is 5.64. The van der Waals surface area contributed by atoms with E-state index in [2.05, 4.69) is 10.3 Å². The van der Waals surface area contributed by atoms with Gasteiger partial charge in [-0.05, 0) is 12.8 Å². The van der Waals surface area contributed by atoms with Crippen molar-refractivity contribution in [3.8, 4) is 11.3 Å². The third kappa shape index (κ3) is 3.46. The van der Waals surface area contributed by atoms with Gasteiger partial charge in [0.1, 0.15) is 0 Å². The molecule has 22 heavy (non-hydrogen) atoms. The van der Waals surface area contributed by atoms with Gasteiger partial charge in [0.25, 0.3) is 0 Å². The summed E-state index contributed by atoms with van der Waals surface area (Å²) in [4.78, 5) is 17.9. The molecule has 1 aliphatic rings. The Balaban J connectivity index is 1.57. The predicted molar refractivity (Wildman–Crippen MR) is 81.0 cm³/mol. The zero-order valence-corrected chi connectivity index (χ0v) is 12.2. The molecule has 0 atom stereocenters. The highest BCUT2D eigenvalue weighted by Gasteiger charge is 2.32. The van der Waals surface area contributed by atoms with Gasteiger partial charge in [-0.15, -0.1) is 0 Å². The van der Waals surface area contributed by atoms with Crippen molar-refractivity contribution in [1.29, 1.82) is 0 Å². The van der Waals surface area contributed by atoms with Crippen LogP contribution in [0.4, 0.5) is 4.79 Å². The molecule has 0 aliphatic heterocycles. The van der Waals surface area contributed by atoms with Gasteiger partial charge in [-0.2, -0.15) is 0 Å².